The number of nitrogens with zero attached hydrogens (tertiary/aromatic N) is 3. The molecule has 1 saturated carbocycles. The van der Waals surface area contributed by atoms with Crippen LogP contribution in [-0.2, 0) is 14.8 Å². The third-order valence-corrected chi connectivity index (χ3v) is 9.00. The Hall–Kier alpha value is -2.62. The van der Waals surface area contributed by atoms with Gasteiger partial charge in [-0.15, -0.1) is 0 Å². The first kappa shape index (κ1) is 24.1. The van der Waals surface area contributed by atoms with E-state index in [-0.39, 0.29) is 29.9 Å². The van der Waals surface area contributed by atoms with Crippen LogP contribution in [0.2, 0.25) is 0 Å². The topological polar surface area (TPSA) is 79.4 Å². The lowest BCUT2D eigenvalue weighted by Crippen LogP contribution is -2.52. The third kappa shape index (κ3) is 5.47. The van der Waals surface area contributed by atoms with E-state index >= 15 is 0 Å². The van der Waals surface area contributed by atoms with E-state index in [1.165, 1.54) is 28.8 Å². The van der Waals surface area contributed by atoms with Crippen LogP contribution >= 0.6 is 0 Å². The predicted molar refractivity (Wildman–Crippen MR) is 132 cm³/mol. The second kappa shape index (κ2) is 10.2. The number of rotatable bonds is 8. The molecule has 35 heavy (non-hydrogen) atoms. The first-order valence-corrected chi connectivity index (χ1v) is 13.8. The Bertz CT molecular complexity index is 1140. The summed E-state index contributed by atoms with van der Waals surface area (Å²) in [6.07, 6.45) is 2.45. The second-order valence-corrected chi connectivity index (χ2v) is 11.5. The standard InChI is InChI=1S/C26H33N3O5S/c1-20(22-5-3-2-4-6-22)28(18-21-7-8-21)19-26(30)27-11-13-29(14-12-27)35(31,32)23-9-10-24-25(17-23)34-16-15-33-24/h2-6,9-10,17,20-21H,7-8,11-16,18-19H2,1H3. The lowest BCUT2D eigenvalue weighted by atomic mass is 10.1. The van der Waals surface area contributed by atoms with Crippen LogP contribution in [0.3, 0.4) is 0 Å². The van der Waals surface area contributed by atoms with Gasteiger partial charge in [-0.3, -0.25) is 9.69 Å². The third-order valence-electron chi connectivity index (χ3n) is 7.10. The van der Waals surface area contributed by atoms with Crippen LogP contribution in [0.15, 0.2) is 53.4 Å². The molecule has 5 rings (SSSR count). The van der Waals surface area contributed by atoms with Crippen LogP contribution in [0.25, 0.3) is 0 Å². The molecule has 1 atom stereocenters. The van der Waals surface area contributed by atoms with Crippen molar-refractivity contribution >= 4 is 15.9 Å². The molecule has 0 spiro atoms. The maximum Gasteiger partial charge on any atom is 0.243 e. The number of amides is 1. The lowest BCUT2D eigenvalue weighted by Gasteiger charge is -2.36. The van der Waals surface area contributed by atoms with Gasteiger partial charge in [0.2, 0.25) is 15.9 Å². The van der Waals surface area contributed by atoms with Gasteiger partial charge in [0.25, 0.3) is 0 Å². The summed E-state index contributed by atoms with van der Waals surface area (Å²) in [5, 5.41) is 0. The molecule has 8 nitrogen and oxygen atoms in total. The molecule has 1 saturated heterocycles. The minimum Gasteiger partial charge on any atom is -0.486 e. The van der Waals surface area contributed by atoms with Gasteiger partial charge in [0.05, 0.1) is 11.4 Å². The molecular formula is C26H33N3O5S. The van der Waals surface area contributed by atoms with Crippen molar-refractivity contribution in [3.8, 4) is 11.5 Å². The first-order chi connectivity index (χ1) is 16.9. The van der Waals surface area contributed by atoms with E-state index in [1.54, 1.807) is 17.0 Å². The van der Waals surface area contributed by atoms with Crippen LogP contribution in [0.5, 0.6) is 11.5 Å². The summed E-state index contributed by atoms with van der Waals surface area (Å²) in [6, 6.07) is 15.2. The maximum atomic E-state index is 13.2. The van der Waals surface area contributed by atoms with E-state index in [2.05, 4.69) is 24.0 Å². The number of fused-ring (bicyclic) bond motifs is 1. The summed E-state index contributed by atoms with van der Waals surface area (Å²) in [7, 11) is -3.68. The summed E-state index contributed by atoms with van der Waals surface area (Å²) in [5.74, 6) is 1.74. The van der Waals surface area contributed by atoms with Crippen LogP contribution in [0.1, 0.15) is 31.4 Å². The van der Waals surface area contributed by atoms with Crippen molar-refractivity contribution in [2.45, 2.75) is 30.7 Å². The highest BCUT2D eigenvalue weighted by atomic mass is 32.2. The Morgan fingerprint density at radius 1 is 1.00 bits per heavy atom. The van der Waals surface area contributed by atoms with Gasteiger partial charge in [0.1, 0.15) is 13.2 Å². The Morgan fingerprint density at radius 2 is 1.69 bits per heavy atom. The van der Waals surface area contributed by atoms with Gasteiger partial charge in [-0.25, -0.2) is 8.42 Å². The molecule has 2 fully saturated rings. The quantitative estimate of drug-likeness (QED) is 0.556. The van der Waals surface area contributed by atoms with Crippen LogP contribution in [-0.4, -0.2) is 80.9 Å². The van der Waals surface area contributed by atoms with E-state index in [0.29, 0.717) is 50.3 Å². The Kier molecular flexibility index (Phi) is 7.00. The van der Waals surface area contributed by atoms with Crippen molar-refractivity contribution in [1.29, 1.82) is 0 Å². The molecule has 2 aromatic carbocycles. The summed E-state index contributed by atoms with van der Waals surface area (Å²) in [4.78, 5) is 17.5. The van der Waals surface area contributed by atoms with E-state index in [4.69, 9.17) is 9.47 Å². The minimum atomic E-state index is -3.68. The molecule has 3 aliphatic rings. The molecule has 188 valence electrons. The molecule has 0 bridgehead atoms. The number of piperazine rings is 1. The molecule has 2 aliphatic heterocycles. The summed E-state index contributed by atoms with van der Waals surface area (Å²) >= 11 is 0. The number of benzene rings is 2. The molecule has 0 N–H and O–H groups in total. The predicted octanol–water partition coefficient (Wildman–Crippen LogP) is 2.76. The molecule has 2 heterocycles. The van der Waals surface area contributed by atoms with Crippen LogP contribution < -0.4 is 9.47 Å². The zero-order valence-corrected chi connectivity index (χ0v) is 21.0. The molecule has 1 aliphatic carbocycles. The SMILES string of the molecule is CC(c1ccccc1)N(CC(=O)N1CCN(S(=O)(=O)c2ccc3c(c2)OCCO3)CC1)CC1CC1. The van der Waals surface area contributed by atoms with Crippen molar-refractivity contribution in [3.05, 3.63) is 54.1 Å². The zero-order chi connectivity index (χ0) is 24.4. The van der Waals surface area contributed by atoms with Gasteiger partial charge in [0, 0.05) is 44.8 Å². The van der Waals surface area contributed by atoms with Crippen LogP contribution in [0, 0.1) is 5.92 Å². The summed E-state index contributed by atoms with van der Waals surface area (Å²) < 4.78 is 38.9. The second-order valence-electron chi connectivity index (χ2n) is 9.55. The minimum absolute atomic E-state index is 0.0600. The Balaban J connectivity index is 1.21. The Morgan fingerprint density at radius 3 is 2.37 bits per heavy atom. The molecule has 0 radical (unpaired) electrons. The van der Waals surface area contributed by atoms with Crippen LogP contribution in [0.4, 0.5) is 0 Å². The smallest absolute Gasteiger partial charge is 0.243 e. The number of carbonyl (C=O) groups is 1. The molecule has 2 aromatic rings. The fraction of sp³-hybridized carbons (Fsp3) is 0.500. The van der Waals surface area contributed by atoms with E-state index in [1.807, 2.05) is 18.2 Å². The largest absolute Gasteiger partial charge is 0.486 e. The summed E-state index contributed by atoms with van der Waals surface area (Å²) in [6.45, 7) is 5.61. The zero-order valence-electron chi connectivity index (χ0n) is 20.1. The highest BCUT2D eigenvalue weighted by molar-refractivity contribution is 7.89. The van der Waals surface area contributed by atoms with Gasteiger partial charge in [-0.05, 0) is 43.4 Å². The van der Waals surface area contributed by atoms with Crippen molar-refractivity contribution in [1.82, 2.24) is 14.1 Å². The number of carbonyl (C=O) groups excluding carboxylic acids is 1. The van der Waals surface area contributed by atoms with E-state index in [9.17, 15) is 13.2 Å². The van der Waals surface area contributed by atoms with E-state index < -0.39 is 10.0 Å². The monoisotopic (exact) mass is 499 g/mol. The highest BCUT2D eigenvalue weighted by Gasteiger charge is 2.33. The van der Waals surface area contributed by atoms with Crippen molar-refractivity contribution in [2.24, 2.45) is 5.92 Å². The van der Waals surface area contributed by atoms with Crippen molar-refractivity contribution in [3.63, 3.8) is 0 Å². The van der Waals surface area contributed by atoms with Gasteiger partial charge >= 0.3 is 0 Å². The fourth-order valence-electron chi connectivity index (χ4n) is 4.72. The first-order valence-electron chi connectivity index (χ1n) is 12.4. The molecule has 0 aromatic heterocycles. The maximum absolute atomic E-state index is 13.2. The molecular weight excluding hydrogens is 466 g/mol. The molecule has 1 unspecified atom stereocenters. The highest BCUT2D eigenvalue weighted by Crippen LogP contribution is 2.34. The van der Waals surface area contributed by atoms with Crippen molar-refractivity contribution < 1.29 is 22.7 Å². The van der Waals surface area contributed by atoms with Crippen molar-refractivity contribution in [2.75, 3.05) is 52.5 Å². The van der Waals surface area contributed by atoms with Gasteiger partial charge < -0.3 is 14.4 Å². The number of hydrogen-bond acceptors (Lipinski definition) is 6. The average Bonchev–Trinajstić information content (AvgIpc) is 3.72. The fourth-order valence-corrected chi connectivity index (χ4v) is 6.16. The van der Waals surface area contributed by atoms with Gasteiger partial charge in [-0.2, -0.15) is 4.31 Å². The van der Waals surface area contributed by atoms with Gasteiger partial charge in [0.15, 0.2) is 11.5 Å². The average molecular weight is 500 g/mol. The lowest BCUT2D eigenvalue weighted by molar-refractivity contribution is -0.134. The number of sulfonamides is 1. The van der Waals surface area contributed by atoms with E-state index in [0.717, 1.165) is 6.54 Å². The molecule has 9 heteroatoms. The molecule has 1 amide bonds. The number of ether oxygens (including phenoxy) is 2. The van der Waals surface area contributed by atoms with Gasteiger partial charge in [-0.1, -0.05) is 30.3 Å². The summed E-state index contributed by atoms with van der Waals surface area (Å²) in [5.41, 5.74) is 1.20. The Labute approximate surface area is 207 Å². The number of hydrogen-bond donors (Lipinski definition) is 0. The normalized spacial score (nSPS) is 19.5.